The van der Waals surface area contributed by atoms with Crippen molar-refractivity contribution in [2.75, 3.05) is 0 Å². The topological polar surface area (TPSA) is 78.0 Å². The van der Waals surface area contributed by atoms with Gasteiger partial charge in [0, 0.05) is 17.3 Å². The number of halogens is 1. The fourth-order valence-corrected chi connectivity index (χ4v) is 3.19. The van der Waals surface area contributed by atoms with Crippen LogP contribution in [0.3, 0.4) is 0 Å². The molecule has 0 bridgehead atoms. The molecule has 3 N–H and O–H groups in total. The second-order valence-corrected chi connectivity index (χ2v) is 8.22. The van der Waals surface area contributed by atoms with E-state index in [-0.39, 0.29) is 17.3 Å². The number of hydrogen-bond donors (Lipinski definition) is 3. The molecule has 1 heterocycles. The van der Waals surface area contributed by atoms with Gasteiger partial charge in [-0.25, -0.2) is 9.37 Å². The van der Waals surface area contributed by atoms with Crippen molar-refractivity contribution in [1.29, 1.82) is 0 Å². The number of nitrogens with zero attached hydrogens (tertiary/aromatic N) is 1. The van der Waals surface area contributed by atoms with Crippen molar-refractivity contribution < 1.29 is 14.3 Å². The standard InChI is InChI=1S/C23H26FN3O2/c1-22(2,3)27-21(28)17-6-4-16(5-7-17)12-13-23(29,20-14-25-15-26-20)18-8-10-19(24)11-9-18/h4-11,14-15,29H,12-13H2,1-3H3,(H,25,26)(H,27,28). The van der Waals surface area contributed by atoms with E-state index in [4.69, 9.17) is 0 Å². The average Bonchev–Trinajstić information content (AvgIpc) is 3.21. The second-order valence-electron chi connectivity index (χ2n) is 8.22. The molecule has 152 valence electrons. The molecule has 29 heavy (non-hydrogen) atoms. The van der Waals surface area contributed by atoms with Gasteiger partial charge in [0.1, 0.15) is 11.4 Å². The lowest BCUT2D eigenvalue weighted by atomic mass is 9.85. The van der Waals surface area contributed by atoms with Crippen LogP contribution in [0.1, 0.15) is 54.4 Å². The van der Waals surface area contributed by atoms with Crippen molar-refractivity contribution in [1.82, 2.24) is 15.3 Å². The van der Waals surface area contributed by atoms with Crippen LogP contribution >= 0.6 is 0 Å². The first-order valence-corrected chi connectivity index (χ1v) is 9.56. The van der Waals surface area contributed by atoms with Crippen LogP contribution in [0.15, 0.2) is 61.1 Å². The molecule has 0 radical (unpaired) electrons. The molecule has 0 aliphatic carbocycles. The fraction of sp³-hybridized carbons (Fsp3) is 0.304. The van der Waals surface area contributed by atoms with Crippen LogP contribution in [0.5, 0.6) is 0 Å². The summed E-state index contributed by atoms with van der Waals surface area (Å²) in [5.74, 6) is -0.481. The molecule has 0 saturated heterocycles. The summed E-state index contributed by atoms with van der Waals surface area (Å²) in [6.45, 7) is 5.81. The molecule has 0 fully saturated rings. The van der Waals surface area contributed by atoms with Crippen LogP contribution in [-0.2, 0) is 12.0 Å². The van der Waals surface area contributed by atoms with Crippen LogP contribution in [0, 0.1) is 5.82 Å². The lowest BCUT2D eigenvalue weighted by Crippen LogP contribution is -2.40. The Morgan fingerprint density at radius 3 is 2.31 bits per heavy atom. The first-order chi connectivity index (χ1) is 13.7. The monoisotopic (exact) mass is 395 g/mol. The van der Waals surface area contributed by atoms with E-state index in [9.17, 15) is 14.3 Å². The van der Waals surface area contributed by atoms with E-state index in [1.165, 1.54) is 18.5 Å². The third-order valence-corrected chi connectivity index (χ3v) is 4.72. The van der Waals surface area contributed by atoms with E-state index in [2.05, 4.69) is 15.3 Å². The van der Waals surface area contributed by atoms with Crippen LogP contribution in [0.2, 0.25) is 0 Å². The Balaban J connectivity index is 1.76. The number of aromatic nitrogens is 2. The molecule has 5 nitrogen and oxygen atoms in total. The van der Waals surface area contributed by atoms with Gasteiger partial charge >= 0.3 is 0 Å². The summed E-state index contributed by atoms with van der Waals surface area (Å²) >= 11 is 0. The normalized spacial score (nSPS) is 13.7. The number of H-pyrrole nitrogens is 1. The Morgan fingerprint density at radius 1 is 1.10 bits per heavy atom. The highest BCUT2D eigenvalue weighted by molar-refractivity contribution is 5.94. The van der Waals surface area contributed by atoms with Gasteiger partial charge in [-0.3, -0.25) is 4.79 Å². The van der Waals surface area contributed by atoms with Gasteiger partial charge in [0.25, 0.3) is 5.91 Å². The van der Waals surface area contributed by atoms with Gasteiger partial charge in [-0.2, -0.15) is 0 Å². The number of amides is 1. The molecular weight excluding hydrogens is 369 g/mol. The van der Waals surface area contributed by atoms with E-state index in [0.717, 1.165) is 5.56 Å². The van der Waals surface area contributed by atoms with E-state index in [1.54, 1.807) is 30.5 Å². The number of aryl methyl sites for hydroxylation is 1. The predicted molar refractivity (Wildman–Crippen MR) is 110 cm³/mol. The van der Waals surface area contributed by atoms with Crippen molar-refractivity contribution >= 4 is 5.91 Å². The molecular formula is C23H26FN3O2. The summed E-state index contributed by atoms with van der Waals surface area (Å²) in [4.78, 5) is 19.3. The lowest BCUT2D eigenvalue weighted by molar-refractivity contribution is 0.0671. The Hall–Kier alpha value is -2.99. The number of benzene rings is 2. The fourth-order valence-electron chi connectivity index (χ4n) is 3.19. The minimum atomic E-state index is -1.35. The molecule has 1 unspecified atom stereocenters. The lowest BCUT2D eigenvalue weighted by Gasteiger charge is -2.27. The largest absolute Gasteiger partial charge is 0.379 e. The van der Waals surface area contributed by atoms with Crippen molar-refractivity contribution in [3.63, 3.8) is 0 Å². The number of aliphatic hydroxyl groups is 1. The van der Waals surface area contributed by atoms with Gasteiger partial charge in [-0.1, -0.05) is 24.3 Å². The Kier molecular flexibility index (Phi) is 5.84. The summed E-state index contributed by atoms with van der Waals surface area (Å²) in [6.07, 6.45) is 4.06. The number of aromatic amines is 1. The SMILES string of the molecule is CC(C)(C)NC(=O)c1ccc(CCC(O)(c2ccc(F)cc2)c2c[nH]cn2)cc1. The first-order valence-electron chi connectivity index (χ1n) is 9.56. The van der Waals surface area contributed by atoms with Gasteiger partial charge in [0.2, 0.25) is 0 Å². The smallest absolute Gasteiger partial charge is 0.251 e. The maximum absolute atomic E-state index is 13.3. The van der Waals surface area contributed by atoms with Crippen molar-refractivity contribution in [2.24, 2.45) is 0 Å². The van der Waals surface area contributed by atoms with Crippen molar-refractivity contribution in [2.45, 2.75) is 44.8 Å². The summed E-state index contributed by atoms with van der Waals surface area (Å²) in [6, 6.07) is 13.1. The third-order valence-electron chi connectivity index (χ3n) is 4.72. The number of carbonyl (C=O) groups excluding carboxylic acids is 1. The quantitative estimate of drug-likeness (QED) is 0.591. The van der Waals surface area contributed by atoms with Crippen LogP contribution in [0.4, 0.5) is 4.39 Å². The molecule has 0 aliphatic rings. The van der Waals surface area contributed by atoms with E-state index < -0.39 is 5.60 Å². The minimum Gasteiger partial charge on any atom is -0.379 e. The van der Waals surface area contributed by atoms with Gasteiger partial charge < -0.3 is 15.4 Å². The molecule has 1 atom stereocenters. The van der Waals surface area contributed by atoms with Crippen molar-refractivity contribution in [3.05, 3.63) is 89.3 Å². The number of imidazole rings is 1. The molecule has 0 saturated carbocycles. The zero-order chi connectivity index (χ0) is 21.1. The van der Waals surface area contributed by atoms with Crippen LogP contribution < -0.4 is 5.32 Å². The van der Waals surface area contributed by atoms with Gasteiger partial charge in [0.05, 0.1) is 12.0 Å². The Bertz CT molecular complexity index is 945. The van der Waals surface area contributed by atoms with E-state index >= 15 is 0 Å². The second kappa shape index (κ2) is 8.17. The number of rotatable bonds is 6. The van der Waals surface area contributed by atoms with Crippen molar-refractivity contribution in [3.8, 4) is 0 Å². The summed E-state index contributed by atoms with van der Waals surface area (Å²) in [5, 5.41) is 14.3. The number of hydrogen-bond acceptors (Lipinski definition) is 3. The highest BCUT2D eigenvalue weighted by Gasteiger charge is 2.33. The molecule has 0 spiro atoms. The molecule has 3 rings (SSSR count). The Morgan fingerprint density at radius 2 is 1.76 bits per heavy atom. The summed E-state index contributed by atoms with van der Waals surface area (Å²) < 4.78 is 13.3. The maximum atomic E-state index is 13.3. The molecule has 3 aromatic rings. The van der Waals surface area contributed by atoms with Gasteiger partial charge in [-0.15, -0.1) is 0 Å². The predicted octanol–water partition coefficient (Wildman–Crippen LogP) is 3.95. The van der Waals surface area contributed by atoms with E-state index in [0.29, 0.717) is 29.7 Å². The Labute approximate surface area is 170 Å². The first kappa shape index (κ1) is 20.7. The van der Waals surface area contributed by atoms with E-state index in [1.807, 2.05) is 32.9 Å². The highest BCUT2D eigenvalue weighted by atomic mass is 19.1. The number of nitrogens with one attached hydrogen (secondary N) is 2. The minimum absolute atomic E-state index is 0.122. The average molecular weight is 395 g/mol. The number of carbonyl (C=O) groups is 1. The molecule has 0 aliphatic heterocycles. The zero-order valence-corrected chi connectivity index (χ0v) is 16.9. The highest BCUT2D eigenvalue weighted by Crippen LogP contribution is 2.33. The molecule has 1 aromatic heterocycles. The van der Waals surface area contributed by atoms with Crippen LogP contribution in [-0.4, -0.2) is 26.5 Å². The summed E-state index contributed by atoms with van der Waals surface area (Å²) in [7, 11) is 0. The molecule has 1 amide bonds. The van der Waals surface area contributed by atoms with Gasteiger partial charge in [0.15, 0.2) is 0 Å². The molecule has 6 heteroatoms. The summed E-state index contributed by atoms with van der Waals surface area (Å²) in [5.41, 5.74) is 0.969. The maximum Gasteiger partial charge on any atom is 0.251 e. The molecule has 2 aromatic carbocycles. The third kappa shape index (κ3) is 5.09. The zero-order valence-electron chi connectivity index (χ0n) is 16.9. The van der Waals surface area contributed by atoms with Gasteiger partial charge in [-0.05, 0) is 69.0 Å². The van der Waals surface area contributed by atoms with Crippen LogP contribution in [0.25, 0.3) is 0 Å².